The van der Waals surface area contributed by atoms with Gasteiger partial charge in [-0.1, -0.05) is 24.3 Å². The van der Waals surface area contributed by atoms with Gasteiger partial charge in [-0.3, -0.25) is 9.59 Å². The van der Waals surface area contributed by atoms with E-state index in [-0.39, 0.29) is 18.4 Å². The van der Waals surface area contributed by atoms with Gasteiger partial charge in [0.15, 0.2) is 4.80 Å². The maximum atomic E-state index is 11.5. The number of amides is 1. The lowest BCUT2D eigenvalue weighted by molar-refractivity contribution is -0.141. The standard InChI is InChI=1S/C14H16N2O3S/c1-4-10-5-6-11-12(7-10)20-14(15-9(2)17)16(11)8-13(18)19-3/h5-7H,4,8H2,1-3H3. The van der Waals surface area contributed by atoms with Crippen molar-refractivity contribution in [2.45, 2.75) is 26.8 Å². The van der Waals surface area contributed by atoms with E-state index in [0.717, 1.165) is 16.6 Å². The van der Waals surface area contributed by atoms with E-state index in [1.54, 1.807) is 4.57 Å². The predicted molar refractivity (Wildman–Crippen MR) is 77.5 cm³/mol. The van der Waals surface area contributed by atoms with Crippen LogP contribution in [0.2, 0.25) is 0 Å². The third-order valence-electron chi connectivity index (χ3n) is 2.92. The average molecular weight is 292 g/mol. The summed E-state index contributed by atoms with van der Waals surface area (Å²) >= 11 is 1.40. The molecule has 0 fully saturated rings. The minimum Gasteiger partial charge on any atom is -0.468 e. The molecule has 1 aromatic carbocycles. The number of ether oxygens (including phenoxy) is 1. The van der Waals surface area contributed by atoms with Crippen LogP contribution in [0.15, 0.2) is 23.2 Å². The summed E-state index contributed by atoms with van der Waals surface area (Å²) in [6.07, 6.45) is 0.935. The van der Waals surface area contributed by atoms with Crippen molar-refractivity contribution in [1.82, 2.24) is 4.57 Å². The highest BCUT2D eigenvalue weighted by atomic mass is 32.1. The summed E-state index contributed by atoms with van der Waals surface area (Å²) < 4.78 is 7.42. The first-order valence-electron chi connectivity index (χ1n) is 6.29. The van der Waals surface area contributed by atoms with Gasteiger partial charge >= 0.3 is 5.97 Å². The minimum absolute atomic E-state index is 0.0497. The summed E-state index contributed by atoms with van der Waals surface area (Å²) in [5.41, 5.74) is 2.09. The van der Waals surface area contributed by atoms with Crippen LogP contribution in [0.25, 0.3) is 10.2 Å². The fourth-order valence-electron chi connectivity index (χ4n) is 1.90. The smallest absolute Gasteiger partial charge is 0.325 e. The number of methoxy groups -OCH3 is 1. The van der Waals surface area contributed by atoms with Gasteiger partial charge in [-0.25, -0.2) is 0 Å². The van der Waals surface area contributed by atoms with Crippen molar-refractivity contribution < 1.29 is 14.3 Å². The molecule has 106 valence electrons. The van der Waals surface area contributed by atoms with Gasteiger partial charge in [0.1, 0.15) is 6.54 Å². The molecular weight excluding hydrogens is 276 g/mol. The van der Waals surface area contributed by atoms with Crippen molar-refractivity contribution >= 4 is 33.4 Å². The first kappa shape index (κ1) is 14.5. The second kappa shape index (κ2) is 6.00. The summed E-state index contributed by atoms with van der Waals surface area (Å²) in [6.45, 7) is 3.52. The highest BCUT2D eigenvalue weighted by Gasteiger charge is 2.11. The molecule has 0 saturated heterocycles. The maximum absolute atomic E-state index is 11.5. The quantitative estimate of drug-likeness (QED) is 0.812. The van der Waals surface area contributed by atoms with Crippen LogP contribution in [0.5, 0.6) is 0 Å². The van der Waals surface area contributed by atoms with E-state index in [2.05, 4.69) is 18.0 Å². The normalized spacial score (nSPS) is 11.8. The van der Waals surface area contributed by atoms with E-state index >= 15 is 0 Å². The molecule has 1 aromatic heterocycles. The van der Waals surface area contributed by atoms with Gasteiger partial charge in [0, 0.05) is 6.92 Å². The molecule has 5 nitrogen and oxygen atoms in total. The fourth-order valence-corrected chi connectivity index (χ4v) is 3.04. The van der Waals surface area contributed by atoms with Crippen LogP contribution in [0.3, 0.4) is 0 Å². The molecule has 0 aliphatic carbocycles. The molecule has 2 rings (SSSR count). The number of carbonyl (C=O) groups is 2. The van der Waals surface area contributed by atoms with Crippen molar-refractivity contribution in [2.24, 2.45) is 4.99 Å². The Bertz CT molecular complexity index is 728. The second-order valence-corrected chi connectivity index (χ2v) is 5.34. The Morgan fingerprint density at radius 3 is 2.75 bits per heavy atom. The molecule has 0 radical (unpaired) electrons. The average Bonchev–Trinajstić information content (AvgIpc) is 2.74. The Hall–Kier alpha value is -1.95. The number of hydrogen-bond donors (Lipinski definition) is 0. The second-order valence-electron chi connectivity index (χ2n) is 4.33. The third kappa shape index (κ3) is 2.96. The summed E-state index contributed by atoms with van der Waals surface area (Å²) in [4.78, 5) is 27.2. The summed E-state index contributed by atoms with van der Waals surface area (Å²) in [5.74, 6) is -0.653. The minimum atomic E-state index is -0.366. The monoisotopic (exact) mass is 292 g/mol. The Morgan fingerprint density at radius 1 is 1.40 bits per heavy atom. The number of aryl methyl sites for hydroxylation is 1. The van der Waals surface area contributed by atoms with Crippen LogP contribution < -0.4 is 4.80 Å². The van der Waals surface area contributed by atoms with E-state index in [4.69, 9.17) is 4.74 Å². The van der Waals surface area contributed by atoms with Crippen molar-refractivity contribution in [2.75, 3.05) is 7.11 Å². The van der Waals surface area contributed by atoms with E-state index in [9.17, 15) is 9.59 Å². The molecule has 0 atom stereocenters. The number of hydrogen-bond acceptors (Lipinski definition) is 4. The van der Waals surface area contributed by atoms with E-state index in [0.29, 0.717) is 4.80 Å². The van der Waals surface area contributed by atoms with E-state index < -0.39 is 0 Å². The van der Waals surface area contributed by atoms with Gasteiger partial charge in [0.05, 0.1) is 17.3 Å². The zero-order valence-corrected chi connectivity index (χ0v) is 12.5. The van der Waals surface area contributed by atoms with Crippen LogP contribution in [-0.4, -0.2) is 23.6 Å². The Balaban J connectivity index is 2.66. The van der Waals surface area contributed by atoms with Gasteiger partial charge in [0.2, 0.25) is 5.91 Å². The van der Waals surface area contributed by atoms with Crippen molar-refractivity contribution in [3.8, 4) is 0 Å². The Labute approximate surface area is 120 Å². The number of benzene rings is 1. The lowest BCUT2D eigenvalue weighted by Crippen LogP contribution is -2.22. The van der Waals surface area contributed by atoms with Gasteiger partial charge in [-0.15, -0.1) is 0 Å². The number of esters is 1. The highest BCUT2D eigenvalue weighted by molar-refractivity contribution is 7.16. The number of carbonyl (C=O) groups excluding carboxylic acids is 2. The molecule has 0 aliphatic heterocycles. The van der Waals surface area contributed by atoms with Gasteiger partial charge in [-0.05, 0) is 24.1 Å². The van der Waals surface area contributed by atoms with Crippen LogP contribution in [0, 0.1) is 0 Å². The van der Waals surface area contributed by atoms with E-state index in [1.165, 1.54) is 30.9 Å². The highest BCUT2D eigenvalue weighted by Crippen LogP contribution is 2.19. The predicted octanol–water partition coefficient (Wildman–Crippen LogP) is 1.89. The SMILES string of the molecule is CCc1ccc2c(c1)sc(=NC(C)=O)n2CC(=O)OC. The first-order valence-corrected chi connectivity index (χ1v) is 7.11. The van der Waals surface area contributed by atoms with Crippen molar-refractivity contribution in [1.29, 1.82) is 0 Å². The zero-order chi connectivity index (χ0) is 14.7. The number of fused-ring (bicyclic) bond motifs is 1. The lowest BCUT2D eigenvalue weighted by atomic mass is 10.2. The molecule has 0 unspecified atom stereocenters. The molecule has 0 N–H and O–H groups in total. The molecule has 6 heteroatoms. The molecule has 2 aromatic rings. The third-order valence-corrected chi connectivity index (χ3v) is 3.96. The lowest BCUT2D eigenvalue weighted by Gasteiger charge is -2.04. The molecule has 1 amide bonds. The summed E-state index contributed by atoms with van der Waals surface area (Å²) in [7, 11) is 1.34. The molecule has 1 heterocycles. The molecule has 0 saturated carbocycles. The van der Waals surface area contributed by atoms with Gasteiger partial charge < -0.3 is 9.30 Å². The van der Waals surface area contributed by atoms with Gasteiger partial charge in [0.25, 0.3) is 0 Å². The fraction of sp³-hybridized carbons (Fsp3) is 0.357. The largest absolute Gasteiger partial charge is 0.468 e. The Morgan fingerprint density at radius 2 is 2.15 bits per heavy atom. The van der Waals surface area contributed by atoms with Crippen molar-refractivity contribution in [3.63, 3.8) is 0 Å². The molecule has 0 bridgehead atoms. The van der Waals surface area contributed by atoms with Crippen LogP contribution >= 0.6 is 11.3 Å². The first-order chi connectivity index (χ1) is 9.55. The maximum Gasteiger partial charge on any atom is 0.325 e. The summed E-state index contributed by atoms with van der Waals surface area (Å²) in [6, 6.07) is 6.03. The summed E-state index contributed by atoms with van der Waals surface area (Å²) in [5, 5.41) is 0. The number of rotatable bonds is 3. The van der Waals surface area contributed by atoms with Crippen molar-refractivity contribution in [3.05, 3.63) is 28.6 Å². The van der Waals surface area contributed by atoms with Crippen LogP contribution in [-0.2, 0) is 27.3 Å². The van der Waals surface area contributed by atoms with E-state index in [1.807, 2.05) is 12.1 Å². The van der Waals surface area contributed by atoms with Crippen LogP contribution in [0.1, 0.15) is 19.4 Å². The number of aromatic nitrogens is 1. The Kier molecular flexibility index (Phi) is 4.34. The number of nitrogens with zero attached hydrogens (tertiary/aromatic N) is 2. The topological polar surface area (TPSA) is 60.7 Å². The molecule has 0 aliphatic rings. The number of thiazole rings is 1. The molecular formula is C14H16N2O3S. The zero-order valence-electron chi connectivity index (χ0n) is 11.7. The van der Waals surface area contributed by atoms with Crippen LogP contribution in [0.4, 0.5) is 0 Å². The molecule has 20 heavy (non-hydrogen) atoms. The molecule has 0 spiro atoms. The van der Waals surface area contributed by atoms with Gasteiger partial charge in [-0.2, -0.15) is 4.99 Å².